The number of aromatic nitrogens is 1. The summed E-state index contributed by atoms with van der Waals surface area (Å²) in [5.41, 5.74) is 3.86. The van der Waals surface area contributed by atoms with E-state index in [2.05, 4.69) is 26.3 Å². The normalized spacial score (nSPS) is 18.0. The van der Waals surface area contributed by atoms with E-state index in [0.29, 0.717) is 19.3 Å². The molecule has 1 aliphatic carbocycles. The molecule has 1 saturated heterocycles. The van der Waals surface area contributed by atoms with E-state index >= 15 is 0 Å². The first-order chi connectivity index (χ1) is 28.6. The van der Waals surface area contributed by atoms with Crippen LogP contribution in [0.1, 0.15) is 113 Å². The molecule has 2 aromatic carbocycles. The highest BCUT2D eigenvalue weighted by Crippen LogP contribution is 2.31. The highest BCUT2D eigenvalue weighted by atomic mass is 32.1. The van der Waals surface area contributed by atoms with Gasteiger partial charge in [0.25, 0.3) is 5.91 Å². The van der Waals surface area contributed by atoms with Gasteiger partial charge in [-0.05, 0) is 74.6 Å². The van der Waals surface area contributed by atoms with E-state index in [-0.39, 0.29) is 67.8 Å². The molecule has 15 nitrogen and oxygen atoms in total. The lowest BCUT2D eigenvalue weighted by Gasteiger charge is -2.35. The van der Waals surface area contributed by atoms with E-state index in [1.165, 1.54) is 11.0 Å². The number of β-amino-alcohol motifs (C(OH)–C–C–N with tert-alkyl or cyclic N) is 1. The van der Waals surface area contributed by atoms with Gasteiger partial charge in [-0.3, -0.25) is 24.5 Å². The number of benzene rings is 2. The number of unbranched alkanes of at least 4 members (excludes halogenated alkanes) is 2. The van der Waals surface area contributed by atoms with E-state index in [1.807, 2.05) is 64.4 Å². The lowest BCUT2D eigenvalue weighted by molar-refractivity contribution is -0.144. The van der Waals surface area contributed by atoms with Crippen LogP contribution < -0.4 is 26.0 Å². The molecule has 6 N–H and O–H groups in total. The van der Waals surface area contributed by atoms with Crippen LogP contribution in [0.15, 0.2) is 48.0 Å². The molecule has 0 spiro atoms. The summed E-state index contributed by atoms with van der Waals surface area (Å²) in [6, 6.07) is 9.51. The molecule has 2 fully saturated rings. The molecule has 0 radical (unpaired) electrons. The minimum atomic E-state index is -0.984. The van der Waals surface area contributed by atoms with E-state index < -0.39 is 47.4 Å². The number of nitrogens with one attached hydrogen (secondary N) is 4. The Balaban J connectivity index is 1.04. The molecule has 16 heteroatoms. The van der Waals surface area contributed by atoms with Gasteiger partial charge in [0.1, 0.15) is 35.8 Å². The van der Waals surface area contributed by atoms with Crippen molar-refractivity contribution in [2.24, 2.45) is 5.41 Å². The Morgan fingerprint density at radius 1 is 0.967 bits per heavy atom. The number of phenols is 1. The number of hydrogen-bond donors (Lipinski definition) is 6. The number of aromatic hydroxyl groups is 1. The van der Waals surface area contributed by atoms with Crippen molar-refractivity contribution >= 4 is 41.0 Å². The number of nitrogens with zero attached hydrogens (tertiary/aromatic N) is 2. The Kier molecular flexibility index (Phi) is 16.5. The predicted octanol–water partition coefficient (Wildman–Crippen LogP) is 5.53. The topological polar surface area (TPSA) is 209 Å². The van der Waals surface area contributed by atoms with Crippen molar-refractivity contribution in [1.29, 1.82) is 0 Å². The molecule has 0 bridgehead atoms. The number of likely N-dealkylation sites (tertiary alicyclic amines) is 1. The van der Waals surface area contributed by atoms with Crippen molar-refractivity contribution in [1.82, 2.24) is 31.2 Å². The number of urea groups is 1. The van der Waals surface area contributed by atoms with Crippen molar-refractivity contribution in [2.75, 3.05) is 26.4 Å². The number of rotatable bonds is 17. The van der Waals surface area contributed by atoms with E-state index in [0.717, 1.165) is 53.8 Å². The molecule has 60 heavy (non-hydrogen) atoms. The number of amides is 6. The molecule has 2 aliphatic rings. The van der Waals surface area contributed by atoms with Crippen LogP contribution >= 0.6 is 11.3 Å². The number of carbonyl (C=O) groups excluding carboxylic acids is 5. The minimum absolute atomic E-state index is 0.0184. The number of ether oxygens (including phenoxy) is 2. The molecule has 6 amide bonds. The monoisotopic (exact) mass is 848 g/mol. The van der Waals surface area contributed by atoms with Gasteiger partial charge >= 0.3 is 6.03 Å². The van der Waals surface area contributed by atoms with Gasteiger partial charge in [-0.2, -0.15) is 0 Å². The fourth-order valence-corrected chi connectivity index (χ4v) is 8.36. The summed E-state index contributed by atoms with van der Waals surface area (Å²) in [4.78, 5) is 72.7. The average molecular weight is 849 g/mol. The second-order valence-corrected chi connectivity index (χ2v) is 17.6. The quantitative estimate of drug-likeness (QED) is 0.0936. The first-order valence-corrected chi connectivity index (χ1v) is 21.7. The summed E-state index contributed by atoms with van der Waals surface area (Å²) in [7, 11) is 0. The first-order valence-electron chi connectivity index (χ1n) is 20.9. The highest BCUT2D eigenvalue weighted by molar-refractivity contribution is 7.13. The Morgan fingerprint density at radius 2 is 1.68 bits per heavy atom. The van der Waals surface area contributed by atoms with Crippen molar-refractivity contribution in [3.05, 3.63) is 64.8 Å². The average Bonchev–Trinajstić information content (AvgIpc) is 3.82. The summed E-state index contributed by atoms with van der Waals surface area (Å²) < 4.78 is 11.4. The maximum Gasteiger partial charge on any atom is 0.321 e. The molecular weight excluding hydrogens is 789 g/mol. The Labute approximate surface area is 356 Å². The van der Waals surface area contributed by atoms with E-state index in [9.17, 15) is 34.2 Å². The van der Waals surface area contributed by atoms with Crippen LogP contribution in [0, 0.1) is 12.3 Å². The molecule has 5 rings (SSSR count). The number of carbonyl (C=O) groups is 5. The van der Waals surface area contributed by atoms with Gasteiger partial charge in [0.15, 0.2) is 0 Å². The summed E-state index contributed by atoms with van der Waals surface area (Å²) >= 11 is 1.57. The largest absolute Gasteiger partial charge is 0.507 e. The van der Waals surface area contributed by atoms with Crippen molar-refractivity contribution in [3.8, 4) is 21.9 Å². The number of aliphatic hydroxyl groups excluding tert-OH is 1. The molecule has 2 heterocycles. The lowest BCUT2D eigenvalue weighted by Crippen LogP contribution is -2.58. The zero-order chi connectivity index (χ0) is 43.4. The lowest BCUT2D eigenvalue weighted by atomic mass is 9.85. The van der Waals surface area contributed by atoms with Crippen molar-refractivity contribution in [3.63, 3.8) is 0 Å². The van der Waals surface area contributed by atoms with Crippen molar-refractivity contribution in [2.45, 2.75) is 123 Å². The Bertz CT molecular complexity index is 1940. The molecule has 326 valence electrons. The molecular formula is C44H60N6O9S. The third-order valence-corrected chi connectivity index (χ3v) is 11.9. The highest BCUT2D eigenvalue weighted by Gasteiger charge is 2.44. The Morgan fingerprint density at radius 3 is 2.37 bits per heavy atom. The van der Waals surface area contributed by atoms with Gasteiger partial charge in [-0.15, -0.1) is 11.3 Å². The van der Waals surface area contributed by atoms with Crippen LogP contribution in [0.2, 0.25) is 0 Å². The minimum Gasteiger partial charge on any atom is -0.507 e. The van der Waals surface area contributed by atoms with E-state index in [1.54, 1.807) is 23.5 Å². The van der Waals surface area contributed by atoms with Crippen molar-refractivity contribution < 1.29 is 43.7 Å². The van der Waals surface area contributed by atoms with Gasteiger partial charge in [0.05, 0.1) is 34.8 Å². The fraction of sp³-hybridized carbons (Fsp3) is 0.545. The molecule has 4 atom stereocenters. The number of hydrogen-bond acceptors (Lipinski definition) is 11. The van der Waals surface area contributed by atoms with Gasteiger partial charge in [0, 0.05) is 25.6 Å². The Hall–Kier alpha value is -5.06. The fourth-order valence-electron chi connectivity index (χ4n) is 7.55. The number of aliphatic hydroxyl groups is 1. The summed E-state index contributed by atoms with van der Waals surface area (Å²) in [5, 5.41) is 31.9. The second-order valence-electron chi connectivity index (χ2n) is 16.8. The van der Waals surface area contributed by atoms with Gasteiger partial charge in [-0.25, -0.2) is 9.78 Å². The first kappa shape index (κ1) is 46.0. The van der Waals surface area contributed by atoms with Gasteiger partial charge in [-0.1, -0.05) is 70.4 Å². The van der Waals surface area contributed by atoms with Gasteiger partial charge in [0.2, 0.25) is 17.7 Å². The summed E-state index contributed by atoms with van der Waals surface area (Å²) in [5.74, 6) is -2.23. The molecule has 1 aromatic heterocycles. The number of imide groups is 1. The van der Waals surface area contributed by atoms with E-state index in [4.69, 9.17) is 9.47 Å². The second kappa shape index (κ2) is 21.5. The number of phenolic OH excluding ortho intramolecular Hbond substituents is 1. The number of thiazole rings is 1. The SMILES string of the molecule is Cc1ncsc1-c1ccc(C(C)NC(=O)[C@@H]2C[C@@H](O)CN2C(=O)[C@@H](NC(=O)COCCCCCOc2cccc(O)c2C(=O)NC(=O)NC2CCCCC2)C(C)(C)C)cc1. The van der Waals surface area contributed by atoms with Crippen LogP contribution in [0.4, 0.5) is 4.79 Å². The zero-order valence-electron chi connectivity index (χ0n) is 35.3. The van der Waals surface area contributed by atoms with Crippen LogP contribution in [0.25, 0.3) is 10.4 Å². The standard InChI is InChI=1S/C44H60N6O9S/c1-27(29-17-19-30(20-18-29)38-28(2)45-26-60-38)46-40(54)33-23-32(51)24-50(33)42(56)39(44(3,4)5)48-36(53)25-58-21-10-7-11-22-59-35-16-12-15-34(52)37(35)41(55)49-43(57)47-31-13-8-6-9-14-31/h12,15-20,26-27,31-33,39,51-52H,6-11,13-14,21-25H2,1-5H3,(H,46,54)(H,48,53)(H2,47,49,55,57)/t27?,32-,33+,39-/m1/s1. The molecule has 3 aromatic rings. The summed E-state index contributed by atoms with van der Waals surface area (Å²) in [6.07, 6.45) is 5.97. The molecule has 1 aliphatic heterocycles. The molecule has 1 saturated carbocycles. The van der Waals surface area contributed by atoms with Gasteiger partial charge < -0.3 is 40.5 Å². The van der Waals surface area contributed by atoms with Crippen LogP contribution in [0.5, 0.6) is 11.5 Å². The molecule has 1 unspecified atom stereocenters. The maximum atomic E-state index is 14.0. The van der Waals surface area contributed by atoms with Crippen LogP contribution in [0.3, 0.4) is 0 Å². The number of aryl methyl sites for hydroxylation is 1. The summed E-state index contributed by atoms with van der Waals surface area (Å²) in [6.45, 7) is 9.48. The zero-order valence-corrected chi connectivity index (χ0v) is 36.1. The van der Waals surface area contributed by atoms with Crippen LogP contribution in [-0.2, 0) is 19.1 Å². The maximum absolute atomic E-state index is 14.0. The van der Waals surface area contributed by atoms with Crippen LogP contribution in [-0.4, -0.2) is 100 Å². The predicted molar refractivity (Wildman–Crippen MR) is 227 cm³/mol. The third kappa shape index (κ3) is 12.7. The smallest absolute Gasteiger partial charge is 0.321 e. The third-order valence-electron chi connectivity index (χ3n) is 10.9.